The Hall–Kier alpha value is -3.28. The van der Waals surface area contributed by atoms with Crippen molar-refractivity contribution in [3.05, 3.63) is 59.8 Å². The molecule has 6 heteroatoms. The maximum atomic E-state index is 11.9. The van der Waals surface area contributed by atoms with Gasteiger partial charge >= 0.3 is 0 Å². The Kier molecular flexibility index (Phi) is 3.49. The van der Waals surface area contributed by atoms with Gasteiger partial charge in [-0.25, -0.2) is 5.43 Å². The number of phenols is 2. The molecule has 6 nitrogen and oxygen atoms in total. The second-order valence-corrected chi connectivity index (χ2v) is 4.69. The lowest BCUT2D eigenvalue weighted by atomic mass is 10.2. The van der Waals surface area contributed by atoms with Gasteiger partial charge in [0.05, 0.1) is 6.21 Å². The lowest BCUT2D eigenvalue weighted by Gasteiger charge is -2.01. The molecule has 2 aromatic carbocycles. The van der Waals surface area contributed by atoms with Gasteiger partial charge in [0.25, 0.3) is 5.91 Å². The van der Waals surface area contributed by atoms with Crippen LogP contribution in [0.4, 0.5) is 0 Å². The number of hydrogen-bond donors (Lipinski definition) is 4. The highest BCUT2D eigenvalue weighted by atomic mass is 16.3. The lowest BCUT2D eigenvalue weighted by molar-refractivity contribution is 0.0954. The highest BCUT2D eigenvalue weighted by Crippen LogP contribution is 2.24. The van der Waals surface area contributed by atoms with E-state index in [9.17, 15) is 15.0 Å². The SMILES string of the molecule is O=C(N/N=C\c1c[nH]c2ccccc12)c1ccc(O)c(O)c1. The lowest BCUT2D eigenvalue weighted by Crippen LogP contribution is -2.17. The number of benzene rings is 2. The largest absolute Gasteiger partial charge is 0.504 e. The number of rotatable bonds is 3. The normalized spacial score (nSPS) is 11.1. The summed E-state index contributed by atoms with van der Waals surface area (Å²) in [5, 5.41) is 23.5. The molecule has 110 valence electrons. The van der Waals surface area contributed by atoms with E-state index in [0.717, 1.165) is 16.5 Å². The molecule has 0 spiro atoms. The van der Waals surface area contributed by atoms with Gasteiger partial charge in [-0.15, -0.1) is 0 Å². The van der Waals surface area contributed by atoms with Gasteiger partial charge in [-0.3, -0.25) is 4.79 Å². The summed E-state index contributed by atoms with van der Waals surface area (Å²) in [6.07, 6.45) is 3.34. The van der Waals surface area contributed by atoms with Crippen LogP contribution >= 0.6 is 0 Å². The van der Waals surface area contributed by atoms with Crippen molar-refractivity contribution in [3.8, 4) is 11.5 Å². The Balaban J connectivity index is 1.74. The first-order valence-corrected chi connectivity index (χ1v) is 6.56. The summed E-state index contributed by atoms with van der Waals surface area (Å²) in [5.41, 5.74) is 4.41. The molecule has 0 radical (unpaired) electrons. The predicted molar refractivity (Wildman–Crippen MR) is 83.1 cm³/mol. The van der Waals surface area contributed by atoms with Crippen LogP contribution in [0.3, 0.4) is 0 Å². The minimum atomic E-state index is -0.480. The highest BCUT2D eigenvalue weighted by Gasteiger charge is 2.07. The minimum absolute atomic E-state index is 0.200. The number of phenolic OH excluding ortho intramolecular Hbond substituents is 2. The first-order chi connectivity index (χ1) is 10.6. The monoisotopic (exact) mass is 295 g/mol. The molecule has 0 aliphatic heterocycles. The van der Waals surface area contributed by atoms with Crippen LogP contribution in [0, 0.1) is 0 Å². The van der Waals surface area contributed by atoms with Crippen LogP contribution in [0.2, 0.25) is 0 Å². The number of nitrogens with one attached hydrogen (secondary N) is 2. The molecule has 0 atom stereocenters. The number of carbonyl (C=O) groups is 1. The number of aromatic nitrogens is 1. The van der Waals surface area contributed by atoms with Crippen LogP contribution in [0.1, 0.15) is 15.9 Å². The quantitative estimate of drug-likeness (QED) is 0.339. The highest BCUT2D eigenvalue weighted by molar-refractivity contribution is 6.00. The van der Waals surface area contributed by atoms with Gasteiger partial charge in [0.15, 0.2) is 11.5 Å². The summed E-state index contributed by atoms with van der Waals surface area (Å²) in [4.78, 5) is 15.0. The molecule has 0 saturated carbocycles. The van der Waals surface area contributed by atoms with E-state index < -0.39 is 5.91 Å². The molecule has 1 amide bonds. The van der Waals surface area contributed by atoms with E-state index in [4.69, 9.17) is 0 Å². The molecule has 22 heavy (non-hydrogen) atoms. The summed E-state index contributed by atoms with van der Waals surface area (Å²) in [5.74, 6) is -1.11. The number of para-hydroxylation sites is 1. The molecule has 0 aliphatic carbocycles. The van der Waals surface area contributed by atoms with Gasteiger partial charge in [-0.1, -0.05) is 18.2 Å². The second kappa shape index (κ2) is 5.61. The van der Waals surface area contributed by atoms with Crippen molar-refractivity contribution in [1.29, 1.82) is 0 Å². The molecule has 0 unspecified atom stereocenters. The molecule has 3 rings (SSSR count). The molecular weight excluding hydrogens is 282 g/mol. The Morgan fingerprint density at radius 1 is 1.14 bits per heavy atom. The average molecular weight is 295 g/mol. The summed E-state index contributed by atoms with van der Waals surface area (Å²) >= 11 is 0. The number of H-pyrrole nitrogens is 1. The van der Waals surface area contributed by atoms with E-state index in [1.54, 1.807) is 6.20 Å². The average Bonchev–Trinajstić information content (AvgIpc) is 2.93. The molecule has 1 aromatic heterocycles. The number of amides is 1. The summed E-state index contributed by atoms with van der Waals surface area (Å²) in [6, 6.07) is 11.6. The Morgan fingerprint density at radius 2 is 1.95 bits per heavy atom. The van der Waals surface area contributed by atoms with Crippen molar-refractivity contribution in [1.82, 2.24) is 10.4 Å². The number of fused-ring (bicyclic) bond motifs is 1. The number of nitrogens with zero attached hydrogens (tertiary/aromatic N) is 1. The third-order valence-corrected chi connectivity index (χ3v) is 3.23. The van der Waals surface area contributed by atoms with Crippen LogP contribution in [-0.4, -0.2) is 27.3 Å². The fraction of sp³-hybridized carbons (Fsp3) is 0. The fourth-order valence-corrected chi connectivity index (χ4v) is 2.09. The van der Waals surface area contributed by atoms with E-state index in [-0.39, 0.29) is 17.1 Å². The first kappa shape index (κ1) is 13.7. The van der Waals surface area contributed by atoms with E-state index in [1.807, 2.05) is 24.3 Å². The third kappa shape index (κ3) is 2.62. The maximum absolute atomic E-state index is 11.9. The molecule has 0 saturated heterocycles. The van der Waals surface area contributed by atoms with Gasteiger partial charge in [0, 0.05) is 28.2 Å². The number of hydrazone groups is 1. The van der Waals surface area contributed by atoms with Crippen LogP contribution in [0.25, 0.3) is 10.9 Å². The Bertz CT molecular complexity index is 868. The minimum Gasteiger partial charge on any atom is -0.504 e. The summed E-state index contributed by atoms with van der Waals surface area (Å²) in [7, 11) is 0. The van der Waals surface area contributed by atoms with Crippen LogP contribution in [0.5, 0.6) is 11.5 Å². The van der Waals surface area contributed by atoms with Gasteiger partial charge < -0.3 is 15.2 Å². The first-order valence-electron chi connectivity index (χ1n) is 6.56. The predicted octanol–water partition coefficient (Wildman–Crippen LogP) is 2.34. The third-order valence-electron chi connectivity index (χ3n) is 3.23. The molecule has 0 bridgehead atoms. The van der Waals surface area contributed by atoms with Crippen molar-refractivity contribution in [3.63, 3.8) is 0 Å². The van der Waals surface area contributed by atoms with Gasteiger partial charge in [-0.05, 0) is 24.3 Å². The van der Waals surface area contributed by atoms with Gasteiger partial charge in [0.1, 0.15) is 0 Å². The van der Waals surface area contributed by atoms with E-state index in [0.29, 0.717) is 0 Å². The molecule has 3 aromatic rings. The van der Waals surface area contributed by atoms with Gasteiger partial charge in [-0.2, -0.15) is 5.10 Å². The molecule has 1 heterocycles. The zero-order valence-electron chi connectivity index (χ0n) is 11.4. The van der Waals surface area contributed by atoms with Gasteiger partial charge in [0.2, 0.25) is 0 Å². The van der Waals surface area contributed by atoms with E-state index in [2.05, 4.69) is 15.5 Å². The van der Waals surface area contributed by atoms with Crippen molar-refractivity contribution in [2.75, 3.05) is 0 Å². The van der Waals surface area contributed by atoms with E-state index in [1.165, 1.54) is 24.4 Å². The molecule has 4 N–H and O–H groups in total. The van der Waals surface area contributed by atoms with Crippen molar-refractivity contribution in [2.45, 2.75) is 0 Å². The number of aromatic hydroxyl groups is 2. The van der Waals surface area contributed by atoms with Crippen molar-refractivity contribution in [2.24, 2.45) is 5.10 Å². The van der Waals surface area contributed by atoms with Crippen LogP contribution < -0.4 is 5.43 Å². The van der Waals surface area contributed by atoms with Crippen molar-refractivity contribution < 1.29 is 15.0 Å². The standard InChI is InChI=1S/C16H13N3O3/c20-14-6-5-10(7-15(14)21)16(22)19-18-9-11-8-17-13-4-2-1-3-12(11)13/h1-9,17,20-21H,(H,19,22)/b18-9-. The Labute approximate surface area is 125 Å². The number of aromatic amines is 1. The second-order valence-electron chi connectivity index (χ2n) is 4.69. The van der Waals surface area contributed by atoms with Crippen molar-refractivity contribution >= 4 is 23.0 Å². The molecule has 0 fully saturated rings. The molecular formula is C16H13N3O3. The molecule has 0 aliphatic rings. The smallest absolute Gasteiger partial charge is 0.271 e. The van der Waals surface area contributed by atoms with Crippen LogP contribution in [-0.2, 0) is 0 Å². The zero-order valence-corrected chi connectivity index (χ0v) is 11.4. The summed E-state index contributed by atoms with van der Waals surface area (Å²) < 4.78 is 0. The number of carbonyl (C=O) groups excluding carboxylic acids is 1. The fourth-order valence-electron chi connectivity index (χ4n) is 2.09. The summed E-state index contributed by atoms with van der Waals surface area (Å²) in [6.45, 7) is 0. The van der Waals surface area contributed by atoms with E-state index >= 15 is 0 Å². The topological polar surface area (TPSA) is 97.7 Å². The van der Waals surface area contributed by atoms with Crippen LogP contribution in [0.15, 0.2) is 53.8 Å². The maximum Gasteiger partial charge on any atom is 0.271 e. The zero-order chi connectivity index (χ0) is 15.5. The Morgan fingerprint density at radius 3 is 2.77 bits per heavy atom. The number of hydrogen-bond acceptors (Lipinski definition) is 4.